The first-order valence-corrected chi connectivity index (χ1v) is 8.79. The van der Waals surface area contributed by atoms with E-state index in [2.05, 4.69) is 25.8 Å². The molecule has 9 heteroatoms. The summed E-state index contributed by atoms with van der Waals surface area (Å²) < 4.78 is 5.44. The number of H-pyrrole nitrogens is 1. The minimum absolute atomic E-state index is 0.0439. The van der Waals surface area contributed by atoms with E-state index in [-0.39, 0.29) is 11.8 Å². The fourth-order valence-corrected chi connectivity index (χ4v) is 2.69. The molecule has 3 N–H and O–H groups in total. The number of hydrogen-bond acceptors (Lipinski definition) is 8. The predicted molar refractivity (Wildman–Crippen MR) is 113 cm³/mol. The summed E-state index contributed by atoms with van der Waals surface area (Å²) >= 11 is 0. The Morgan fingerprint density at radius 1 is 1.17 bits per heavy atom. The lowest BCUT2D eigenvalue weighted by molar-refractivity contribution is 0.416. The molecule has 0 saturated carbocycles. The van der Waals surface area contributed by atoms with E-state index in [4.69, 9.17) is 15.3 Å². The molecule has 0 saturated heterocycles. The van der Waals surface area contributed by atoms with Gasteiger partial charge in [-0.2, -0.15) is 15.5 Å². The second-order valence-corrected chi connectivity index (χ2v) is 6.15. The monoisotopic (exact) mass is 399 g/mol. The molecular weight excluding hydrogens is 382 g/mol. The van der Waals surface area contributed by atoms with Gasteiger partial charge in [0.05, 0.1) is 30.5 Å². The molecule has 0 amide bonds. The number of nitrogens with one attached hydrogen (secondary N) is 3. The van der Waals surface area contributed by atoms with E-state index in [0.29, 0.717) is 22.7 Å². The quantitative estimate of drug-likeness (QED) is 0.536. The van der Waals surface area contributed by atoms with Crippen LogP contribution >= 0.6 is 0 Å². The van der Waals surface area contributed by atoms with E-state index in [0.717, 1.165) is 11.1 Å². The Morgan fingerprint density at radius 2 is 1.93 bits per heavy atom. The highest BCUT2D eigenvalue weighted by Crippen LogP contribution is 2.32. The van der Waals surface area contributed by atoms with Crippen LogP contribution in [0.4, 0.5) is 23.1 Å². The summed E-state index contributed by atoms with van der Waals surface area (Å²) in [4.78, 5) is 16.3. The van der Waals surface area contributed by atoms with Crippen molar-refractivity contribution < 1.29 is 4.74 Å². The average Bonchev–Trinajstić information content (AvgIpc) is 2.76. The molecule has 0 unspecified atom stereocenters. The van der Waals surface area contributed by atoms with Crippen molar-refractivity contribution in [3.05, 3.63) is 69.5 Å². The van der Waals surface area contributed by atoms with E-state index in [1.165, 1.54) is 13.2 Å². The minimum atomic E-state index is -0.495. The van der Waals surface area contributed by atoms with Gasteiger partial charge in [0.1, 0.15) is 5.75 Å². The number of anilines is 4. The number of rotatable bonds is 6. The molecule has 148 valence electrons. The SMILES string of the molecule is COc1cc(/C=C/C#N)cc(C)c1Nc1n[nH]c(=O)c(Nc2ccc(C#N)cc2)n1. The van der Waals surface area contributed by atoms with Gasteiger partial charge in [0, 0.05) is 11.8 Å². The highest BCUT2D eigenvalue weighted by atomic mass is 16.5. The lowest BCUT2D eigenvalue weighted by atomic mass is 10.1. The maximum absolute atomic E-state index is 12.1. The second-order valence-electron chi connectivity index (χ2n) is 6.15. The normalized spacial score (nSPS) is 10.3. The van der Waals surface area contributed by atoms with Crippen molar-refractivity contribution in [2.24, 2.45) is 0 Å². The molecule has 0 aliphatic rings. The maximum atomic E-state index is 12.1. The Morgan fingerprint density at radius 3 is 2.60 bits per heavy atom. The molecule has 0 aliphatic heterocycles. The van der Waals surface area contributed by atoms with Crippen molar-refractivity contribution in [1.82, 2.24) is 15.2 Å². The van der Waals surface area contributed by atoms with Gasteiger partial charge in [0.2, 0.25) is 11.8 Å². The fraction of sp³-hybridized carbons (Fsp3) is 0.0952. The van der Waals surface area contributed by atoms with Crippen LogP contribution in [-0.2, 0) is 0 Å². The van der Waals surface area contributed by atoms with E-state index < -0.39 is 5.56 Å². The van der Waals surface area contributed by atoms with Gasteiger partial charge in [0.25, 0.3) is 0 Å². The maximum Gasteiger partial charge on any atom is 0.307 e. The molecule has 0 spiro atoms. The summed E-state index contributed by atoms with van der Waals surface area (Å²) in [5.74, 6) is 0.735. The summed E-state index contributed by atoms with van der Waals surface area (Å²) in [6.07, 6.45) is 3.06. The largest absolute Gasteiger partial charge is 0.495 e. The van der Waals surface area contributed by atoms with Crippen molar-refractivity contribution in [3.63, 3.8) is 0 Å². The highest BCUT2D eigenvalue weighted by Gasteiger charge is 2.12. The number of methoxy groups -OCH3 is 1. The fourth-order valence-electron chi connectivity index (χ4n) is 2.69. The van der Waals surface area contributed by atoms with Crippen LogP contribution < -0.4 is 20.9 Å². The number of allylic oxidation sites excluding steroid dienone is 1. The molecule has 3 aromatic rings. The van der Waals surface area contributed by atoms with Gasteiger partial charge in [-0.15, -0.1) is 5.10 Å². The summed E-state index contributed by atoms with van der Waals surface area (Å²) in [6, 6.07) is 14.2. The lowest BCUT2D eigenvalue weighted by Crippen LogP contribution is -2.17. The Labute approximate surface area is 172 Å². The number of ether oxygens (including phenoxy) is 1. The zero-order valence-electron chi connectivity index (χ0n) is 16.2. The number of aromatic nitrogens is 3. The molecule has 0 radical (unpaired) electrons. The van der Waals surface area contributed by atoms with Crippen molar-refractivity contribution in [1.29, 1.82) is 10.5 Å². The highest BCUT2D eigenvalue weighted by molar-refractivity contribution is 5.71. The van der Waals surface area contributed by atoms with E-state index in [1.807, 2.05) is 25.1 Å². The number of aryl methyl sites for hydroxylation is 1. The second kappa shape index (κ2) is 9.04. The van der Waals surface area contributed by atoms with Crippen LogP contribution in [0.2, 0.25) is 0 Å². The van der Waals surface area contributed by atoms with Crippen molar-refractivity contribution in [2.45, 2.75) is 6.92 Å². The first kappa shape index (κ1) is 20.1. The van der Waals surface area contributed by atoms with Crippen molar-refractivity contribution in [3.8, 4) is 17.9 Å². The first-order chi connectivity index (χ1) is 14.5. The van der Waals surface area contributed by atoms with Gasteiger partial charge in [-0.3, -0.25) is 4.79 Å². The Bertz CT molecular complexity index is 1230. The van der Waals surface area contributed by atoms with Gasteiger partial charge in [-0.05, 0) is 60.5 Å². The Balaban J connectivity index is 1.89. The summed E-state index contributed by atoms with van der Waals surface area (Å²) in [5, 5.41) is 29.9. The van der Waals surface area contributed by atoms with E-state index in [1.54, 1.807) is 36.4 Å². The lowest BCUT2D eigenvalue weighted by Gasteiger charge is -2.14. The number of nitrogens with zero attached hydrogens (tertiary/aromatic N) is 4. The van der Waals surface area contributed by atoms with Crippen LogP contribution in [0.3, 0.4) is 0 Å². The molecule has 0 fully saturated rings. The van der Waals surface area contributed by atoms with Gasteiger partial charge >= 0.3 is 5.56 Å². The van der Waals surface area contributed by atoms with Gasteiger partial charge in [0.15, 0.2) is 0 Å². The molecule has 0 bridgehead atoms. The molecular formula is C21H17N7O2. The van der Waals surface area contributed by atoms with Crippen LogP contribution in [0, 0.1) is 29.6 Å². The summed E-state index contributed by atoms with van der Waals surface area (Å²) in [7, 11) is 1.53. The molecule has 1 aromatic heterocycles. The number of hydrogen-bond donors (Lipinski definition) is 3. The standard InChI is InChI=1S/C21H17N7O2/c1-13-10-15(4-3-9-22)11-17(30-2)18(13)25-21-26-19(20(29)27-28-21)24-16-7-5-14(12-23)6-8-16/h3-8,10-11H,1-2H3,(H,27,29)(H2,24,25,26,28)/b4-3+. The number of benzene rings is 2. The molecule has 3 rings (SSSR count). The topological polar surface area (TPSA) is 140 Å². The third kappa shape index (κ3) is 4.61. The molecule has 1 heterocycles. The number of aromatic amines is 1. The first-order valence-electron chi connectivity index (χ1n) is 8.79. The van der Waals surface area contributed by atoms with E-state index >= 15 is 0 Å². The van der Waals surface area contributed by atoms with Crippen LogP contribution in [0.25, 0.3) is 6.08 Å². The van der Waals surface area contributed by atoms with Crippen LogP contribution in [0.15, 0.2) is 47.3 Å². The third-order valence-corrected chi connectivity index (χ3v) is 4.10. The van der Waals surface area contributed by atoms with E-state index in [9.17, 15) is 4.79 Å². The smallest absolute Gasteiger partial charge is 0.307 e. The molecule has 9 nitrogen and oxygen atoms in total. The third-order valence-electron chi connectivity index (χ3n) is 4.10. The van der Waals surface area contributed by atoms with Crippen molar-refractivity contribution in [2.75, 3.05) is 17.7 Å². The molecule has 2 aromatic carbocycles. The summed E-state index contributed by atoms with van der Waals surface area (Å²) in [5.41, 5.74) is 2.89. The zero-order chi connectivity index (χ0) is 21.5. The predicted octanol–water partition coefficient (Wildman–Crippen LogP) is 3.38. The van der Waals surface area contributed by atoms with Crippen LogP contribution in [0.5, 0.6) is 5.75 Å². The average molecular weight is 399 g/mol. The molecule has 30 heavy (non-hydrogen) atoms. The van der Waals surface area contributed by atoms with Crippen LogP contribution in [0.1, 0.15) is 16.7 Å². The molecule has 0 aliphatic carbocycles. The van der Waals surface area contributed by atoms with Gasteiger partial charge in [-0.25, -0.2) is 5.10 Å². The van der Waals surface area contributed by atoms with Gasteiger partial charge in [-0.1, -0.05) is 0 Å². The minimum Gasteiger partial charge on any atom is -0.495 e. The van der Waals surface area contributed by atoms with Crippen LogP contribution in [-0.4, -0.2) is 22.3 Å². The zero-order valence-corrected chi connectivity index (χ0v) is 16.2. The summed E-state index contributed by atoms with van der Waals surface area (Å²) in [6.45, 7) is 1.87. The Hall–Kier alpha value is -4.63. The van der Waals surface area contributed by atoms with Crippen molar-refractivity contribution >= 4 is 29.2 Å². The number of nitriles is 2. The Kier molecular flexibility index (Phi) is 6.06. The molecule has 0 atom stereocenters. The van der Waals surface area contributed by atoms with Gasteiger partial charge < -0.3 is 15.4 Å².